The largest absolute Gasteiger partial charge is 0.494 e. The van der Waals surface area contributed by atoms with Gasteiger partial charge in [0.15, 0.2) is 9.84 Å². The zero-order valence-corrected chi connectivity index (χ0v) is 20.3. The molecule has 1 fully saturated rings. The SMILES string of the molecule is CCCOc1ccc(CN(C(=O)C(c2ccccc2)c2ccccc2)C2CCS(=O)(=O)C2)cc1. The second-order valence-electron chi connectivity index (χ2n) is 8.77. The predicted octanol–water partition coefficient (Wildman–Crippen LogP) is 4.82. The number of hydrogen-bond donors (Lipinski definition) is 0. The fraction of sp³-hybridized carbons (Fsp3) is 0.321. The predicted molar refractivity (Wildman–Crippen MR) is 135 cm³/mol. The lowest BCUT2D eigenvalue weighted by Gasteiger charge is -2.32. The first-order valence-electron chi connectivity index (χ1n) is 11.8. The lowest BCUT2D eigenvalue weighted by molar-refractivity contribution is -0.134. The van der Waals surface area contributed by atoms with E-state index in [0.29, 0.717) is 19.6 Å². The third-order valence-electron chi connectivity index (χ3n) is 6.19. The van der Waals surface area contributed by atoms with Crippen LogP contribution in [-0.2, 0) is 21.2 Å². The number of benzene rings is 3. The summed E-state index contributed by atoms with van der Waals surface area (Å²) in [6.07, 6.45) is 1.39. The Morgan fingerprint density at radius 3 is 2.03 bits per heavy atom. The molecule has 0 aromatic heterocycles. The number of ether oxygens (including phenoxy) is 1. The van der Waals surface area contributed by atoms with E-state index in [2.05, 4.69) is 6.92 Å². The van der Waals surface area contributed by atoms with Crippen molar-refractivity contribution in [2.75, 3.05) is 18.1 Å². The molecule has 3 aromatic rings. The van der Waals surface area contributed by atoms with E-state index in [0.717, 1.165) is 28.9 Å². The molecule has 0 radical (unpaired) electrons. The molecule has 0 spiro atoms. The van der Waals surface area contributed by atoms with E-state index < -0.39 is 15.8 Å². The zero-order valence-electron chi connectivity index (χ0n) is 19.5. The van der Waals surface area contributed by atoms with Crippen molar-refractivity contribution >= 4 is 15.7 Å². The van der Waals surface area contributed by atoms with E-state index in [1.165, 1.54) is 0 Å². The standard InChI is InChI=1S/C28H31NO4S/c1-2-18-33-26-15-13-22(14-16-26)20-29(25-17-19-34(31,32)21-25)28(30)27(23-9-5-3-6-10-23)24-11-7-4-8-12-24/h3-16,25,27H,2,17-21H2,1H3. The maximum Gasteiger partial charge on any atom is 0.235 e. The Hall–Kier alpha value is -3.12. The minimum absolute atomic E-state index is 0.00668. The van der Waals surface area contributed by atoms with Crippen LogP contribution in [0.3, 0.4) is 0 Å². The monoisotopic (exact) mass is 477 g/mol. The Morgan fingerprint density at radius 2 is 1.53 bits per heavy atom. The Balaban J connectivity index is 1.67. The van der Waals surface area contributed by atoms with Gasteiger partial charge in [0.25, 0.3) is 0 Å². The van der Waals surface area contributed by atoms with E-state index in [1.54, 1.807) is 4.90 Å². The summed E-state index contributed by atoms with van der Waals surface area (Å²) >= 11 is 0. The number of rotatable bonds is 9. The molecule has 1 unspecified atom stereocenters. The molecule has 1 saturated heterocycles. The lowest BCUT2D eigenvalue weighted by atomic mass is 9.89. The van der Waals surface area contributed by atoms with Crippen LogP contribution in [0.5, 0.6) is 5.75 Å². The number of sulfone groups is 1. The first-order chi connectivity index (χ1) is 16.5. The maximum atomic E-state index is 14.2. The molecule has 1 heterocycles. The minimum Gasteiger partial charge on any atom is -0.494 e. The van der Waals surface area contributed by atoms with Crippen LogP contribution >= 0.6 is 0 Å². The average molecular weight is 478 g/mol. The summed E-state index contributed by atoms with van der Waals surface area (Å²) < 4.78 is 30.3. The first-order valence-corrected chi connectivity index (χ1v) is 13.6. The number of carbonyl (C=O) groups excluding carboxylic acids is 1. The van der Waals surface area contributed by atoms with E-state index in [4.69, 9.17) is 4.74 Å². The van der Waals surface area contributed by atoms with Gasteiger partial charge < -0.3 is 9.64 Å². The molecule has 4 rings (SSSR count). The second-order valence-corrected chi connectivity index (χ2v) is 11.0. The highest BCUT2D eigenvalue weighted by Crippen LogP contribution is 2.31. The van der Waals surface area contributed by atoms with Crippen LogP contribution in [0.15, 0.2) is 84.9 Å². The molecule has 178 valence electrons. The molecule has 1 atom stereocenters. The highest BCUT2D eigenvalue weighted by Gasteiger charge is 2.38. The summed E-state index contributed by atoms with van der Waals surface area (Å²) in [4.78, 5) is 15.9. The average Bonchev–Trinajstić information content (AvgIpc) is 3.22. The summed E-state index contributed by atoms with van der Waals surface area (Å²) in [5.41, 5.74) is 2.74. The topological polar surface area (TPSA) is 63.7 Å². The number of hydrogen-bond acceptors (Lipinski definition) is 4. The zero-order chi connectivity index (χ0) is 24.0. The van der Waals surface area contributed by atoms with Gasteiger partial charge in [-0.1, -0.05) is 79.7 Å². The summed E-state index contributed by atoms with van der Waals surface area (Å²) in [6.45, 7) is 3.06. The molecule has 0 aliphatic carbocycles. The van der Waals surface area contributed by atoms with E-state index in [9.17, 15) is 13.2 Å². The van der Waals surface area contributed by atoms with Gasteiger partial charge in [-0.15, -0.1) is 0 Å². The van der Waals surface area contributed by atoms with Crippen molar-refractivity contribution < 1.29 is 17.9 Å². The Morgan fingerprint density at radius 1 is 0.941 bits per heavy atom. The van der Waals surface area contributed by atoms with Crippen molar-refractivity contribution in [3.63, 3.8) is 0 Å². The van der Waals surface area contributed by atoms with Crippen LogP contribution in [0.2, 0.25) is 0 Å². The third-order valence-corrected chi connectivity index (χ3v) is 7.94. The molecule has 3 aromatic carbocycles. The van der Waals surface area contributed by atoms with Crippen LogP contribution in [0.4, 0.5) is 0 Å². The van der Waals surface area contributed by atoms with Gasteiger partial charge >= 0.3 is 0 Å². The van der Waals surface area contributed by atoms with Gasteiger partial charge in [0.05, 0.1) is 24.0 Å². The smallest absolute Gasteiger partial charge is 0.235 e. The van der Waals surface area contributed by atoms with Crippen LogP contribution in [0, 0.1) is 0 Å². The molecule has 34 heavy (non-hydrogen) atoms. The highest BCUT2D eigenvalue weighted by molar-refractivity contribution is 7.91. The van der Waals surface area contributed by atoms with Gasteiger partial charge in [-0.05, 0) is 41.7 Å². The second kappa shape index (κ2) is 10.9. The summed E-state index contributed by atoms with van der Waals surface area (Å²) in [6, 6.07) is 26.8. The van der Waals surface area contributed by atoms with Crippen molar-refractivity contribution in [1.29, 1.82) is 0 Å². The van der Waals surface area contributed by atoms with E-state index >= 15 is 0 Å². The summed E-state index contributed by atoms with van der Waals surface area (Å²) in [5.74, 6) is 0.335. The fourth-order valence-electron chi connectivity index (χ4n) is 4.45. The minimum atomic E-state index is -3.15. The van der Waals surface area contributed by atoms with Crippen LogP contribution in [0.1, 0.15) is 42.4 Å². The highest BCUT2D eigenvalue weighted by atomic mass is 32.2. The van der Waals surface area contributed by atoms with Gasteiger partial charge in [-0.2, -0.15) is 0 Å². The van der Waals surface area contributed by atoms with Crippen molar-refractivity contribution in [3.8, 4) is 5.75 Å². The quantitative estimate of drug-likeness (QED) is 0.443. The van der Waals surface area contributed by atoms with Crippen LogP contribution < -0.4 is 4.74 Å². The molecule has 0 saturated carbocycles. The van der Waals surface area contributed by atoms with Gasteiger partial charge in [0.2, 0.25) is 5.91 Å². The molecule has 1 amide bonds. The van der Waals surface area contributed by atoms with Crippen LogP contribution in [0.25, 0.3) is 0 Å². The summed E-state index contributed by atoms with van der Waals surface area (Å²) in [5, 5.41) is 0. The normalized spacial score (nSPS) is 16.9. The first kappa shape index (κ1) is 24.0. The molecule has 5 nitrogen and oxygen atoms in total. The Bertz CT molecular complexity index is 1140. The van der Waals surface area contributed by atoms with Gasteiger partial charge in [-0.3, -0.25) is 4.79 Å². The summed E-state index contributed by atoms with van der Waals surface area (Å²) in [7, 11) is -3.15. The third kappa shape index (κ3) is 5.86. The van der Waals surface area contributed by atoms with Crippen molar-refractivity contribution in [2.24, 2.45) is 0 Å². The lowest BCUT2D eigenvalue weighted by Crippen LogP contribution is -2.43. The molecule has 0 bridgehead atoms. The molecular weight excluding hydrogens is 446 g/mol. The van der Waals surface area contributed by atoms with Gasteiger partial charge in [0, 0.05) is 12.6 Å². The molecule has 6 heteroatoms. The van der Waals surface area contributed by atoms with E-state index in [-0.39, 0.29) is 23.5 Å². The van der Waals surface area contributed by atoms with Gasteiger partial charge in [-0.25, -0.2) is 8.42 Å². The van der Waals surface area contributed by atoms with Crippen LogP contribution in [-0.4, -0.2) is 43.4 Å². The number of nitrogens with zero attached hydrogens (tertiary/aromatic N) is 1. The fourth-order valence-corrected chi connectivity index (χ4v) is 6.18. The van der Waals surface area contributed by atoms with Gasteiger partial charge in [0.1, 0.15) is 5.75 Å². The number of carbonyl (C=O) groups is 1. The number of amides is 1. The van der Waals surface area contributed by atoms with Crippen molar-refractivity contribution in [3.05, 3.63) is 102 Å². The molecule has 0 N–H and O–H groups in total. The molecular formula is C28H31NO4S. The van der Waals surface area contributed by atoms with Crippen molar-refractivity contribution in [1.82, 2.24) is 4.90 Å². The van der Waals surface area contributed by atoms with E-state index in [1.807, 2.05) is 84.9 Å². The molecule has 1 aliphatic heterocycles. The maximum absolute atomic E-state index is 14.2. The Kier molecular flexibility index (Phi) is 7.68. The van der Waals surface area contributed by atoms with Crippen molar-refractivity contribution in [2.45, 2.75) is 38.3 Å². The Labute approximate surface area is 202 Å². The molecule has 1 aliphatic rings.